The monoisotopic (exact) mass is 1190 g/mol. The van der Waals surface area contributed by atoms with Crippen LogP contribution in [-0.4, -0.2) is 128 Å². The van der Waals surface area contributed by atoms with E-state index in [1.165, 1.54) is 21.1 Å². The zero-order chi connectivity index (χ0) is 59.9. The van der Waals surface area contributed by atoms with E-state index in [0.717, 1.165) is 22.3 Å². The van der Waals surface area contributed by atoms with Gasteiger partial charge in [0.05, 0.1) is 71.6 Å². The van der Waals surface area contributed by atoms with E-state index in [0.29, 0.717) is 17.1 Å². The average molecular weight is 1190 g/mol. The molecule has 0 aliphatic carbocycles. The fraction of sp³-hybridized carbons (Fsp3) is 0.385. The van der Waals surface area contributed by atoms with Crippen LogP contribution >= 0.6 is 0 Å². The van der Waals surface area contributed by atoms with Gasteiger partial charge in [-0.3, -0.25) is 4.79 Å². The lowest BCUT2D eigenvalue weighted by Crippen LogP contribution is -2.65. The molecular weight excluding hydrogens is 1120 g/mol. The fourth-order valence-electron chi connectivity index (χ4n) is 9.94. The van der Waals surface area contributed by atoms with Crippen molar-refractivity contribution in [3.63, 3.8) is 0 Å². The van der Waals surface area contributed by atoms with Gasteiger partial charge in [-0.05, 0) is 58.7 Å². The molecule has 0 bridgehead atoms. The molecular formula is C65H71F2NO18. The maximum Gasteiger partial charge on any atom is 0.336 e. The number of hydrogen-bond donors (Lipinski definition) is 1. The third-order valence-electron chi connectivity index (χ3n) is 14.2. The van der Waals surface area contributed by atoms with Gasteiger partial charge in [0.1, 0.15) is 74.9 Å². The van der Waals surface area contributed by atoms with E-state index < -0.39 is 91.0 Å². The molecule has 3 aliphatic heterocycles. The zero-order valence-electron chi connectivity index (χ0n) is 47.9. The number of methoxy groups -OCH3 is 2. The number of benzene rings is 6. The molecule has 9 rings (SSSR count). The predicted octanol–water partition coefficient (Wildman–Crippen LogP) is 9.52. The van der Waals surface area contributed by atoms with Crippen molar-refractivity contribution in [1.29, 1.82) is 0 Å². The summed E-state index contributed by atoms with van der Waals surface area (Å²) in [7, 11) is 3.00. The summed E-state index contributed by atoms with van der Waals surface area (Å²) in [6.07, 6.45) is -16.6. The topological polar surface area (TPSA) is 194 Å². The van der Waals surface area contributed by atoms with E-state index in [2.05, 4.69) is 5.32 Å². The lowest BCUT2D eigenvalue weighted by molar-refractivity contribution is -0.309. The first-order valence-electron chi connectivity index (χ1n) is 28.1. The van der Waals surface area contributed by atoms with Crippen LogP contribution in [-0.2, 0) is 97.6 Å². The van der Waals surface area contributed by atoms with Crippen LogP contribution in [0.25, 0.3) is 0 Å². The summed E-state index contributed by atoms with van der Waals surface area (Å²) in [6, 6.07) is 49.6. The number of halogens is 2. The summed E-state index contributed by atoms with van der Waals surface area (Å²) in [5, 5.41) is 2.98. The molecule has 3 fully saturated rings. The summed E-state index contributed by atoms with van der Waals surface area (Å²) >= 11 is 0. The Bertz CT molecular complexity index is 2990. The van der Waals surface area contributed by atoms with Gasteiger partial charge < -0.3 is 81.1 Å². The number of carbonyl (C=O) groups is 2. The first-order chi connectivity index (χ1) is 42.1. The summed E-state index contributed by atoms with van der Waals surface area (Å²) in [6.45, 7) is 0.347. The van der Waals surface area contributed by atoms with Crippen LogP contribution < -0.4 is 19.5 Å². The van der Waals surface area contributed by atoms with E-state index in [-0.39, 0.29) is 79.0 Å². The molecule has 86 heavy (non-hydrogen) atoms. The lowest BCUT2D eigenvalue weighted by Gasteiger charge is -2.47. The number of fused-ring (bicyclic) bond motifs is 1. The molecule has 6 aromatic rings. The number of rotatable bonds is 31. The van der Waals surface area contributed by atoms with Gasteiger partial charge in [0.15, 0.2) is 18.5 Å². The molecule has 0 unspecified atom stereocenters. The minimum absolute atomic E-state index is 0.131. The van der Waals surface area contributed by atoms with Gasteiger partial charge in [-0.25, -0.2) is 4.79 Å². The molecule has 3 heterocycles. The Morgan fingerprint density at radius 2 is 1.10 bits per heavy atom. The highest BCUT2D eigenvalue weighted by Gasteiger charge is 2.54. The maximum atomic E-state index is 16.0. The van der Waals surface area contributed by atoms with Gasteiger partial charge >= 0.3 is 5.97 Å². The van der Waals surface area contributed by atoms with E-state index in [4.69, 9.17) is 75.8 Å². The molecule has 11 atom stereocenters. The fourth-order valence-corrected chi connectivity index (χ4v) is 9.94. The smallest absolute Gasteiger partial charge is 0.336 e. The van der Waals surface area contributed by atoms with Crippen LogP contribution in [0.5, 0.6) is 17.2 Å². The van der Waals surface area contributed by atoms with Gasteiger partial charge in [-0.2, -0.15) is 8.78 Å². The van der Waals surface area contributed by atoms with Crippen molar-refractivity contribution < 1.29 is 94.2 Å². The Hall–Kier alpha value is -7.22. The Labute approximate surface area is 498 Å². The molecule has 458 valence electrons. The molecule has 21 heteroatoms. The maximum absolute atomic E-state index is 16.0. The van der Waals surface area contributed by atoms with Crippen LogP contribution in [0, 0.1) is 0 Å². The first kappa shape index (κ1) is 63.3. The molecule has 3 aliphatic rings. The standard InChI is InChI=1S/C65H71F2NO18/c1-43(69)68-57-52(79-40-74-34-45-18-10-5-11-19-45)32-53(63(70)85-60-56(62(66)67)58-55(84-65(60)82-51-30-28-50(72-3)29-31-51)38-78-64(86-58)48-24-26-49(71-2)27-25-48)83-61(57)59(81-42-76-36-47-22-14-7-15-23-47)54(80-41-75-35-46-20-12-6-13-21-46)37-77-39-73-33-44-16-8-4-9-17-44/h4-31,52-55,57-61,64-65H,32-42H2,1-3H3,(H,68,69)/t52-,53-,54+,55+,57+,58-,59+,60+,61+,64-,65+/m0/s1. The SMILES string of the molecule is COc1ccc(O[C@@H]2O[C@@H]3CO[C@H](c4ccc(OC)cc4)O[C@@H]3C(=C(F)F)[C@H]2OC(=O)[C@@H]2C[C@H](OCOCc3ccccc3)[C@@H](NC(C)=O)[C@H]([C@H](OCOCc3ccccc3)[C@@H](COCOCc3ccccc3)OCOCc3ccccc3)O2)cc1. The molecule has 0 radical (unpaired) electrons. The van der Waals surface area contributed by atoms with E-state index in [1.807, 2.05) is 121 Å². The minimum Gasteiger partial charge on any atom is -0.497 e. The predicted molar refractivity (Wildman–Crippen MR) is 304 cm³/mol. The molecule has 6 aromatic carbocycles. The Balaban J connectivity index is 1.05. The molecule has 19 nitrogen and oxygen atoms in total. The van der Waals surface area contributed by atoms with Crippen LogP contribution in [0.3, 0.4) is 0 Å². The van der Waals surface area contributed by atoms with Crippen molar-refractivity contribution in [1.82, 2.24) is 5.32 Å². The van der Waals surface area contributed by atoms with Gasteiger partial charge in [0.25, 0.3) is 6.08 Å². The number of nitrogens with one attached hydrogen (secondary N) is 1. The number of amides is 1. The zero-order valence-corrected chi connectivity index (χ0v) is 47.9. The van der Waals surface area contributed by atoms with Gasteiger partial charge in [-0.1, -0.05) is 133 Å². The van der Waals surface area contributed by atoms with Crippen molar-refractivity contribution in [3.05, 3.63) is 209 Å². The Kier molecular flexibility index (Phi) is 24.3. The third-order valence-corrected chi connectivity index (χ3v) is 14.2. The highest BCUT2D eigenvalue weighted by atomic mass is 19.3. The van der Waals surface area contributed by atoms with Crippen LogP contribution in [0.1, 0.15) is 47.5 Å². The number of carbonyl (C=O) groups excluding carboxylic acids is 2. The molecule has 0 saturated carbocycles. The molecule has 3 saturated heterocycles. The van der Waals surface area contributed by atoms with Crippen LogP contribution in [0.2, 0.25) is 0 Å². The molecule has 0 aromatic heterocycles. The van der Waals surface area contributed by atoms with Crippen molar-refractivity contribution in [2.75, 3.05) is 54.6 Å². The first-order valence-corrected chi connectivity index (χ1v) is 28.1. The normalized spacial score (nSPS) is 22.6. The highest BCUT2D eigenvalue weighted by molar-refractivity contribution is 5.76. The van der Waals surface area contributed by atoms with Gasteiger partial charge in [-0.15, -0.1) is 0 Å². The average Bonchev–Trinajstić information content (AvgIpc) is 1.06. The quantitative estimate of drug-likeness (QED) is 0.0245. The summed E-state index contributed by atoms with van der Waals surface area (Å²) < 4.78 is 131. The second-order valence-electron chi connectivity index (χ2n) is 20.2. The summed E-state index contributed by atoms with van der Waals surface area (Å²) in [5.74, 6) is -0.434. The van der Waals surface area contributed by atoms with Crippen LogP contribution in [0.4, 0.5) is 8.78 Å². The van der Waals surface area contributed by atoms with E-state index in [1.54, 1.807) is 48.5 Å². The molecule has 0 spiro atoms. The van der Waals surface area contributed by atoms with Crippen molar-refractivity contribution in [2.45, 2.75) is 107 Å². The lowest BCUT2D eigenvalue weighted by atomic mass is 9.89. The van der Waals surface area contributed by atoms with Crippen LogP contribution in [0.15, 0.2) is 182 Å². The Morgan fingerprint density at radius 1 is 0.593 bits per heavy atom. The molecule has 1 amide bonds. The van der Waals surface area contributed by atoms with E-state index >= 15 is 13.6 Å². The summed E-state index contributed by atoms with van der Waals surface area (Å²) in [4.78, 5) is 28.8. The highest BCUT2D eigenvalue weighted by Crippen LogP contribution is 2.42. The Morgan fingerprint density at radius 3 is 1.64 bits per heavy atom. The van der Waals surface area contributed by atoms with Crippen molar-refractivity contribution in [3.8, 4) is 17.2 Å². The van der Waals surface area contributed by atoms with Crippen molar-refractivity contribution >= 4 is 11.9 Å². The largest absolute Gasteiger partial charge is 0.497 e. The number of esters is 1. The molecule has 1 N–H and O–H groups in total. The minimum atomic E-state index is -2.21. The second kappa shape index (κ2) is 33.1. The van der Waals surface area contributed by atoms with E-state index in [9.17, 15) is 4.79 Å². The summed E-state index contributed by atoms with van der Waals surface area (Å²) in [5.41, 5.74) is 3.25. The van der Waals surface area contributed by atoms with Gasteiger partial charge in [0.2, 0.25) is 12.2 Å². The third kappa shape index (κ3) is 18.4. The van der Waals surface area contributed by atoms with Gasteiger partial charge in [0, 0.05) is 18.9 Å². The van der Waals surface area contributed by atoms with Crippen molar-refractivity contribution in [2.24, 2.45) is 0 Å². The second-order valence-corrected chi connectivity index (χ2v) is 20.2. The number of ether oxygens (including phenoxy) is 16. The number of hydrogen-bond acceptors (Lipinski definition) is 18.